The summed E-state index contributed by atoms with van der Waals surface area (Å²) < 4.78 is 37.8. The monoisotopic (exact) mass is 323 g/mol. The van der Waals surface area contributed by atoms with Gasteiger partial charge in [0.15, 0.2) is 5.84 Å². The SMILES string of the molecule is CCC(C(=O)Nc1cc(C(F)(F)F)ccc1Cl)C(N)=NO. The standard InChI is InChI=1S/C12H13ClF3N3O2/c1-2-7(10(17)19-21)11(20)18-9-5-6(12(14,15)16)3-4-8(9)13/h3-5,7,21H,2H2,1H3,(H2,17,19)(H,18,20). The van der Waals surface area contributed by atoms with Crippen molar-refractivity contribution in [3.05, 3.63) is 28.8 Å². The van der Waals surface area contributed by atoms with Crippen LogP contribution in [-0.4, -0.2) is 17.0 Å². The van der Waals surface area contributed by atoms with E-state index < -0.39 is 23.6 Å². The zero-order chi connectivity index (χ0) is 16.2. The van der Waals surface area contributed by atoms with Crippen LogP contribution < -0.4 is 11.1 Å². The van der Waals surface area contributed by atoms with Crippen molar-refractivity contribution in [1.29, 1.82) is 0 Å². The van der Waals surface area contributed by atoms with Crippen molar-refractivity contribution in [3.63, 3.8) is 0 Å². The van der Waals surface area contributed by atoms with Crippen molar-refractivity contribution in [2.24, 2.45) is 16.8 Å². The first-order valence-electron chi connectivity index (χ1n) is 5.85. The molecule has 1 aromatic carbocycles. The lowest BCUT2D eigenvalue weighted by Crippen LogP contribution is -2.34. The van der Waals surface area contributed by atoms with Crippen molar-refractivity contribution in [3.8, 4) is 0 Å². The second-order valence-electron chi connectivity index (χ2n) is 4.17. The first-order valence-corrected chi connectivity index (χ1v) is 6.23. The maximum atomic E-state index is 12.6. The van der Waals surface area contributed by atoms with E-state index in [1.54, 1.807) is 6.92 Å². The Kier molecular flexibility index (Phi) is 5.42. The number of alkyl halides is 3. The summed E-state index contributed by atoms with van der Waals surface area (Å²) in [5, 5.41) is 13.5. The summed E-state index contributed by atoms with van der Waals surface area (Å²) in [7, 11) is 0. The van der Waals surface area contributed by atoms with E-state index in [1.807, 2.05) is 0 Å². The molecule has 5 nitrogen and oxygen atoms in total. The van der Waals surface area contributed by atoms with E-state index in [0.29, 0.717) is 0 Å². The fourth-order valence-corrected chi connectivity index (χ4v) is 1.78. The van der Waals surface area contributed by atoms with Gasteiger partial charge in [-0.15, -0.1) is 0 Å². The van der Waals surface area contributed by atoms with Gasteiger partial charge in [0, 0.05) is 0 Å². The summed E-state index contributed by atoms with van der Waals surface area (Å²) in [5.41, 5.74) is 4.21. The fraction of sp³-hybridized carbons (Fsp3) is 0.333. The smallest absolute Gasteiger partial charge is 0.409 e. The van der Waals surface area contributed by atoms with Crippen LogP contribution in [0.2, 0.25) is 5.02 Å². The number of benzene rings is 1. The number of anilines is 1. The van der Waals surface area contributed by atoms with Crippen LogP contribution in [0.25, 0.3) is 0 Å². The minimum Gasteiger partial charge on any atom is -0.409 e. The molecule has 0 aliphatic carbocycles. The average molecular weight is 324 g/mol. The number of halogens is 4. The largest absolute Gasteiger partial charge is 0.416 e. The molecule has 9 heteroatoms. The van der Waals surface area contributed by atoms with Gasteiger partial charge in [0.1, 0.15) is 0 Å². The number of amides is 1. The molecule has 1 amide bonds. The van der Waals surface area contributed by atoms with E-state index in [2.05, 4.69) is 10.5 Å². The molecule has 1 atom stereocenters. The van der Waals surface area contributed by atoms with Gasteiger partial charge in [-0.05, 0) is 24.6 Å². The molecule has 4 N–H and O–H groups in total. The molecular formula is C12H13ClF3N3O2. The second kappa shape index (κ2) is 6.66. The van der Waals surface area contributed by atoms with Crippen LogP contribution >= 0.6 is 11.6 Å². The Labute approximate surface area is 123 Å². The molecule has 0 heterocycles. The Morgan fingerprint density at radius 3 is 2.62 bits per heavy atom. The number of hydrogen-bond donors (Lipinski definition) is 3. The second-order valence-corrected chi connectivity index (χ2v) is 4.57. The van der Waals surface area contributed by atoms with Crippen molar-refractivity contribution in [2.45, 2.75) is 19.5 Å². The van der Waals surface area contributed by atoms with Crippen LogP contribution in [0.15, 0.2) is 23.4 Å². The summed E-state index contributed by atoms with van der Waals surface area (Å²) in [6.45, 7) is 1.61. The topological polar surface area (TPSA) is 87.7 Å². The number of carbonyl (C=O) groups excluding carboxylic acids is 1. The molecule has 0 aliphatic heterocycles. The van der Waals surface area contributed by atoms with Crippen LogP contribution in [0.1, 0.15) is 18.9 Å². The summed E-state index contributed by atoms with van der Waals surface area (Å²) in [6.07, 6.45) is -4.35. The molecule has 0 radical (unpaired) electrons. The molecule has 1 aromatic rings. The van der Waals surface area contributed by atoms with Gasteiger partial charge < -0.3 is 16.3 Å². The van der Waals surface area contributed by atoms with Crippen LogP contribution in [0.5, 0.6) is 0 Å². The maximum Gasteiger partial charge on any atom is 0.416 e. The first-order chi connectivity index (χ1) is 9.70. The number of nitrogens with zero attached hydrogens (tertiary/aromatic N) is 1. The quantitative estimate of drug-likeness (QED) is 0.344. The number of rotatable bonds is 4. The van der Waals surface area contributed by atoms with Gasteiger partial charge in [0.05, 0.1) is 22.2 Å². The number of nitrogens with one attached hydrogen (secondary N) is 1. The molecular weight excluding hydrogens is 311 g/mol. The fourth-order valence-electron chi connectivity index (χ4n) is 1.62. The van der Waals surface area contributed by atoms with Crippen LogP contribution in [-0.2, 0) is 11.0 Å². The van der Waals surface area contributed by atoms with Crippen molar-refractivity contribution >= 4 is 29.0 Å². The van der Waals surface area contributed by atoms with Crippen molar-refractivity contribution in [2.75, 3.05) is 5.32 Å². The molecule has 0 saturated heterocycles. The molecule has 1 unspecified atom stereocenters. The lowest BCUT2D eigenvalue weighted by molar-refractivity contribution is -0.137. The van der Waals surface area contributed by atoms with Crippen molar-refractivity contribution < 1.29 is 23.2 Å². The third-order valence-corrected chi connectivity index (χ3v) is 3.08. The van der Waals surface area contributed by atoms with E-state index in [0.717, 1.165) is 18.2 Å². The summed E-state index contributed by atoms with van der Waals surface area (Å²) in [6, 6.07) is 2.56. The third-order valence-electron chi connectivity index (χ3n) is 2.75. The number of amidine groups is 1. The van der Waals surface area contributed by atoms with E-state index >= 15 is 0 Å². The van der Waals surface area contributed by atoms with Gasteiger partial charge >= 0.3 is 6.18 Å². The third kappa shape index (κ3) is 4.25. The summed E-state index contributed by atoms with van der Waals surface area (Å²) >= 11 is 5.76. The number of hydrogen-bond acceptors (Lipinski definition) is 3. The van der Waals surface area contributed by atoms with Crippen molar-refractivity contribution in [1.82, 2.24) is 0 Å². The van der Waals surface area contributed by atoms with Gasteiger partial charge in [0.25, 0.3) is 0 Å². The van der Waals surface area contributed by atoms with E-state index in [9.17, 15) is 18.0 Å². The summed E-state index contributed by atoms with van der Waals surface area (Å²) in [5.74, 6) is -2.02. The molecule has 0 aromatic heterocycles. The number of nitrogens with two attached hydrogens (primary N) is 1. The van der Waals surface area contributed by atoms with Gasteiger partial charge in [-0.25, -0.2) is 0 Å². The van der Waals surface area contributed by atoms with Gasteiger partial charge in [-0.2, -0.15) is 13.2 Å². The summed E-state index contributed by atoms with van der Waals surface area (Å²) in [4.78, 5) is 11.9. The van der Waals surface area contributed by atoms with E-state index in [1.165, 1.54) is 0 Å². The highest BCUT2D eigenvalue weighted by Crippen LogP contribution is 2.34. The van der Waals surface area contributed by atoms with E-state index in [-0.39, 0.29) is 23.0 Å². The molecule has 0 aliphatic rings. The molecule has 0 saturated carbocycles. The molecule has 21 heavy (non-hydrogen) atoms. The Balaban J connectivity index is 3.04. The molecule has 1 rings (SSSR count). The van der Waals surface area contributed by atoms with Crippen LogP contribution in [0, 0.1) is 5.92 Å². The molecule has 0 bridgehead atoms. The highest BCUT2D eigenvalue weighted by Gasteiger charge is 2.31. The van der Waals surface area contributed by atoms with Gasteiger partial charge in [-0.1, -0.05) is 23.7 Å². The lowest BCUT2D eigenvalue weighted by atomic mass is 10.0. The number of carbonyl (C=O) groups is 1. The highest BCUT2D eigenvalue weighted by atomic mass is 35.5. The zero-order valence-corrected chi connectivity index (χ0v) is 11.7. The molecule has 0 fully saturated rings. The van der Waals surface area contributed by atoms with Gasteiger partial charge in [-0.3, -0.25) is 4.79 Å². The predicted octanol–water partition coefficient (Wildman–Crippen LogP) is 3.07. The Morgan fingerprint density at radius 1 is 1.52 bits per heavy atom. The molecule has 116 valence electrons. The number of oxime groups is 1. The Bertz CT molecular complexity index is 561. The predicted molar refractivity (Wildman–Crippen MR) is 72.3 cm³/mol. The normalized spacial score (nSPS) is 13.9. The Morgan fingerprint density at radius 2 is 2.14 bits per heavy atom. The maximum absolute atomic E-state index is 12.6. The van der Waals surface area contributed by atoms with E-state index in [4.69, 9.17) is 22.5 Å². The minimum absolute atomic E-state index is 0.0503. The first kappa shape index (κ1) is 17.1. The zero-order valence-electron chi connectivity index (χ0n) is 10.9. The van der Waals surface area contributed by atoms with Crippen LogP contribution in [0.3, 0.4) is 0 Å². The van der Waals surface area contributed by atoms with Crippen LogP contribution in [0.4, 0.5) is 18.9 Å². The average Bonchev–Trinajstić information content (AvgIpc) is 2.40. The minimum atomic E-state index is -4.56. The lowest BCUT2D eigenvalue weighted by Gasteiger charge is -2.15. The Hall–Kier alpha value is -1.96. The highest BCUT2D eigenvalue weighted by molar-refractivity contribution is 6.33. The van der Waals surface area contributed by atoms with Gasteiger partial charge in [0.2, 0.25) is 5.91 Å². The molecule has 0 spiro atoms.